The average Bonchev–Trinajstić information content (AvgIpc) is 2.44. The van der Waals surface area contributed by atoms with Crippen LogP contribution in [-0.2, 0) is 11.2 Å². The van der Waals surface area contributed by atoms with E-state index in [0.29, 0.717) is 12.2 Å². The first-order valence-corrected chi connectivity index (χ1v) is 7.95. The van der Waals surface area contributed by atoms with Crippen molar-refractivity contribution >= 4 is 5.78 Å². The Hall–Kier alpha value is -1.15. The topological polar surface area (TPSA) is 20.3 Å². The van der Waals surface area contributed by atoms with Crippen LogP contribution in [-0.4, -0.2) is 29.8 Å². The maximum atomic E-state index is 12.7. The monoisotopic (exact) mass is 289 g/mol. The van der Waals surface area contributed by atoms with Crippen molar-refractivity contribution in [3.05, 3.63) is 34.9 Å². The van der Waals surface area contributed by atoms with Crippen LogP contribution in [0.1, 0.15) is 56.7 Å². The van der Waals surface area contributed by atoms with Gasteiger partial charge in [0.15, 0.2) is 5.78 Å². The molecule has 1 aromatic rings. The van der Waals surface area contributed by atoms with E-state index in [4.69, 9.17) is 0 Å². The Kier molecular flexibility index (Phi) is 7.10. The number of hydrogen-bond donors (Lipinski definition) is 0. The number of rotatable bonds is 5. The third-order valence-electron chi connectivity index (χ3n) is 4.49. The van der Waals surface area contributed by atoms with Crippen LogP contribution in [0.15, 0.2) is 18.2 Å². The van der Waals surface area contributed by atoms with Gasteiger partial charge in [0.05, 0.1) is 6.04 Å². The van der Waals surface area contributed by atoms with Crippen molar-refractivity contribution in [2.75, 3.05) is 13.1 Å². The van der Waals surface area contributed by atoms with Gasteiger partial charge in [-0.25, -0.2) is 0 Å². The second kappa shape index (κ2) is 8.33. The van der Waals surface area contributed by atoms with Crippen LogP contribution in [0, 0.1) is 13.8 Å². The molecule has 1 aromatic carbocycles. The molecule has 1 saturated heterocycles. The molecule has 0 unspecified atom stereocenters. The normalized spacial score (nSPS) is 19.1. The third kappa shape index (κ3) is 4.41. The number of hydrogen-bond acceptors (Lipinski definition) is 2. The molecule has 1 atom stereocenters. The van der Waals surface area contributed by atoms with Gasteiger partial charge in [-0.3, -0.25) is 9.69 Å². The van der Waals surface area contributed by atoms with Gasteiger partial charge in [-0.15, -0.1) is 0 Å². The van der Waals surface area contributed by atoms with E-state index in [9.17, 15) is 4.79 Å². The highest BCUT2D eigenvalue weighted by Crippen LogP contribution is 2.21. The number of benzene rings is 1. The predicted octanol–water partition coefficient (Wildman–Crippen LogP) is 4.32. The molecule has 2 heteroatoms. The molecule has 118 valence electrons. The lowest BCUT2D eigenvalue weighted by atomic mass is 9.91. The molecule has 0 spiro atoms. The first-order valence-electron chi connectivity index (χ1n) is 7.95. The molecule has 0 bridgehead atoms. The fraction of sp³-hybridized carbons (Fsp3) is 0.632. The number of likely N-dealkylation sites (tertiary alicyclic amines) is 1. The van der Waals surface area contributed by atoms with Crippen LogP contribution in [0.2, 0.25) is 0 Å². The van der Waals surface area contributed by atoms with Crippen molar-refractivity contribution in [3.8, 4) is 0 Å². The lowest BCUT2D eigenvalue weighted by Crippen LogP contribution is -2.45. The fourth-order valence-corrected chi connectivity index (χ4v) is 3.33. The number of carbonyl (C=O) groups is 1. The van der Waals surface area contributed by atoms with Crippen molar-refractivity contribution in [2.45, 2.75) is 66.3 Å². The standard InChI is InChI=1S/C18H27NO.CH4/c1-4-11-19-12-6-5-10-17(19)18(20)13-16-14(2)8-7-9-15(16)3;/h7-9,17H,4-6,10-13H2,1-3H3;1H4/t17-;/m0./s1. The maximum absolute atomic E-state index is 12.7. The molecular formula is C19H31NO. The highest BCUT2D eigenvalue weighted by Gasteiger charge is 2.28. The van der Waals surface area contributed by atoms with Crippen LogP contribution < -0.4 is 0 Å². The minimum Gasteiger partial charge on any atom is -0.298 e. The van der Waals surface area contributed by atoms with Crippen molar-refractivity contribution < 1.29 is 4.79 Å². The van der Waals surface area contributed by atoms with Crippen molar-refractivity contribution in [3.63, 3.8) is 0 Å². The Labute approximate surface area is 130 Å². The van der Waals surface area contributed by atoms with Gasteiger partial charge in [0, 0.05) is 6.42 Å². The lowest BCUT2D eigenvalue weighted by Gasteiger charge is -2.34. The summed E-state index contributed by atoms with van der Waals surface area (Å²) < 4.78 is 0. The molecule has 1 aliphatic heterocycles. The third-order valence-corrected chi connectivity index (χ3v) is 4.49. The van der Waals surface area contributed by atoms with E-state index >= 15 is 0 Å². The minimum absolute atomic E-state index is 0. The minimum atomic E-state index is 0. The summed E-state index contributed by atoms with van der Waals surface area (Å²) in [5.74, 6) is 0.413. The number of aryl methyl sites for hydroxylation is 2. The molecule has 1 heterocycles. The second-order valence-corrected chi connectivity index (χ2v) is 6.06. The smallest absolute Gasteiger partial charge is 0.154 e. The number of nitrogens with zero attached hydrogens (tertiary/aromatic N) is 1. The molecular weight excluding hydrogens is 258 g/mol. The van der Waals surface area contributed by atoms with Crippen LogP contribution in [0.5, 0.6) is 0 Å². The number of Topliss-reactive ketones (excluding diaryl/α,β-unsaturated/α-hetero) is 1. The summed E-state index contributed by atoms with van der Waals surface area (Å²) in [6.45, 7) is 8.57. The van der Waals surface area contributed by atoms with Crippen molar-refractivity contribution in [1.29, 1.82) is 0 Å². The number of ketones is 1. The second-order valence-electron chi connectivity index (χ2n) is 6.06. The molecule has 0 saturated carbocycles. The number of carbonyl (C=O) groups excluding carboxylic acids is 1. The summed E-state index contributed by atoms with van der Waals surface area (Å²) >= 11 is 0. The van der Waals surface area contributed by atoms with Gasteiger partial charge in [0.25, 0.3) is 0 Å². The van der Waals surface area contributed by atoms with E-state index in [1.54, 1.807) is 0 Å². The summed E-state index contributed by atoms with van der Waals surface area (Å²) in [5, 5.41) is 0. The molecule has 2 nitrogen and oxygen atoms in total. The molecule has 0 N–H and O–H groups in total. The molecule has 0 aliphatic carbocycles. The van der Waals surface area contributed by atoms with E-state index in [1.807, 2.05) is 0 Å². The molecule has 1 aliphatic rings. The molecule has 0 radical (unpaired) electrons. The first kappa shape index (κ1) is 17.9. The average molecular weight is 289 g/mol. The van der Waals surface area contributed by atoms with Gasteiger partial charge in [-0.05, 0) is 62.9 Å². The summed E-state index contributed by atoms with van der Waals surface area (Å²) in [4.78, 5) is 15.1. The predicted molar refractivity (Wildman–Crippen MR) is 90.9 cm³/mol. The summed E-state index contributed by atoms with van der Waals surface area (Å²) in [7, 11) is 0. The Balaban J connectivity index is 0.00000220. The lowest BCUT2D eigenvalue weighted by molar-refractivity contribution is -0.124. The van der Waals surface area contributed by atoms with E-state index in [0.717, 1.165) is 25.9 Å². The van der Waals surface area contributed by atoms with Crippen molar-refractivity contribution in [2.24, 2.45) is 0 Å². The van der Waals surface area contributed by atoms with E-state index < -0.39 is 0 Å². The highest BCUT2D eigenvalue weighted by atomic mass is 16.1. The first-order chi connectivity index (χ1) is 9.63. The quantitative estimate of drug-likeness (QED) is 0.805. The summed E-state index contributed by atoms with van der Waals surface area (Å²) in [5.41, 5.74) is 3.73. The van der Waals surface area contributed by atoms with Gasteiger partial charge < -0.3 is 0 Å². The fourth-order valence-electron chi connectivity index (χ4n) is 3.33. The summed E-state index contributed by atoms with van der Waals surface area (Å²) in [6, 6.07) is 6.45. The van der Waals surface area contributed by atoms with Crippen LogP contribution in [0.4, 0.5) is 0 Å². The van der Waals surface area contributed by atoms with Crippen LogP contribution >= 0.6 is 0 Å². The maximum Gasteiger partial charge on any atom is 0.154 e. The molecule has 0 aromatic heterocycles. The molecule has 1 fully saturated rings. The zero-order valence-electron chi connectivity index (χ0n) is 13.1. The van der Waals surface area contributed by atoms with Crippen molar-refractivity contribution in [1.82, 2.24) is 4.90 Å². The summed E-state index contributed by atoms with van der Waals surface area (Å²) in [6.07, 6.45) is 5.22. The van der Waals surface area contributed by atoms with E-state index in [2.05, 4.69) is 43.9 Å². The van der Waals surface area contributed by atoms with Gasteiger partial charge in [0.2, 0.25) is 0 Å². The van der Waals surface area contributed by atoms with Gasteiger partial charge >= 0.3 is 0 Å². The van der Waals surface area contributed by atoms with E-state index in [-0.39, 0.29) is 13.5 Å². The van der Waals surface area contributed by atoms with Gasteiger partial charge in [0.1, 0.15) is 0 Å². The molecule has 21 heavy (non-hydrogen) atoms. The van der Waals surface area contributed by atoms with E-state index in [1.165, 1.54) is 29.5 Å². The Morgan fingerprint density at radius 3 is 2.52 bits per heavy atom. The largest absolute Gasteiger partial charge is 0.298 e. The highest BCUT2D eigenvalue weighted by molar-refractivity contribution is 5.86. The van der Waals surface area contributed by atoms with Crippen LogP contribution in [0.25, 0.3) is 0 Å². The zero-order chi connectivity index (χ0) is 14.5. The SMILES string of the molecule is C.CCCN1CCCC[C@H]1C(=O)Cc1c(C)cccc1C. The van der Waals surface area contributed by atoms with Crippen LogP contribution in [0.3, 0.4) is 0 Å². The Morgan fingerprint density at radius 2 is 1.90 bits per heavy atom. The molecule has 0 amide bonds. The number of piperidine rings is 1. The molecule has 2 rings (SSSR count). The van der Waals surface area contributed by atoms with Gasteiger partial charge in [-0.1, -0.05) is 39.0 Å². The van der Waals surface area contributed by atoms with Gasteiger partial charge in [-0.2, -0.15) is 0 Å². The zero-order valence-corrected chi connectivity index (χ0v) is 13.1. The Morgan fingerprint density at radius 1 is 1.24 bits per heavy atom. The Bertz CT molecular complexity index is 444.